The van der Waals surface area contributed by atoms with Gasteiger partial charge in [0.1, 0.15) is 0 Å². The number of aromatic nitrogens is 1. The van der Waals surface area contributed by atoms with Gasteiger partial charge in [-0.1, -0.05) is 36.8 Å². The number of hydrogen-bond donors (Lipinski definition) is 0. The van der Waals surface area contributed by atoms with Crippen molar-refractivity contribution in [3.8, 4) is 11.3 Å². The fourth-order valence-electron chi connectivity index (χ4n) is 2.40. The molecule has 0 aliphatic rings. The molecule has 0 aliphatic heterocycles. The van der Waals surface area contributed by atoms with Gasteiger partial charge in [-0.25, -0.2) is 0 Å². The first-order valence-electron chi connectivity index (χ1n) is 7.29. The largest absolute Gasteiger partial charge is 0.305 e. The standard InChI is InChI=1S/C18H21NO2/c1-5-13(3)19-17(15-8-6-12(2)7-9-15)11-10-16(14(4)20)18(19)21/h6-11,13H,5H2,1-4H3. The monoisotopic (exact) mass is 283 g/mol. The maximum absolute atomic E-state index is 12.6. The Morgan fingerprint density at radius 3 is 2.29 bits per heavy atom. The molecular formula is C18H21NO2. The van der Waals surface area contributed by atoms with Crippen molar-refractivity contribution < 1.29 is 4.79 Å². The number of rotatable bonds is 4. The lowest BCUT2D eigenvalue weighted by Crippen LogP contribution is -2.29. The zero-order valence-corrected chi connectivity index (χ0v) is 13.0. The number of Topliss-reactive ketones (excluding diaryl/α,β-unsaturated/α-hetero) is 1. The predicted molar refractivity (Wildman–Crippen MR) is 85.9 cm³/mol. The lowest BCUT2D eigenvalue weighted by atomic mass is 10.0. The predicted octanol–water partition coefficient (Wildman–Crippen LogP) is 4.00. The van der Waals surface area contributed by atoms with Gasteiger partial charge < -0.3 is 4.57 Å². The molecule has 3 heteroatoms. The van der Waals surface area contributed by atoms with Gasteiger partial charge in [0.05, 0.1) is 11.3 Å². The van der Waals surface area contributed by atoms with Crippen molar-refractivity contribution in [3.05, 3.63) is 57.9 Å². The highest BCUT2D eigenvalue weighted by Crippen LogP contribution is 2.23. The van der Waals surface area contributed by atoms with E-state index in [0.29, 0.717) is 0 Å². The number of aryl methyl sites for hydroxylation is 1. The molecule has 21 heavy (non-hydrogen) atoms. The van der Waals surface area contributed by atoms with Crippen molar-refractivity contribution >= 4 is 5.78 Å². The van der Waals surface area contributed by atoms with E-state index in [4.69, 9.17) is 0 Å². The van der Waals surface area contributed by atoms with E-state index in [0.717, 1.165) is 17.7 Å². The molecule has 2 aromatic rings. The van der Waals surface area contributed by atoms with Gasteiger partial charge in [0.15, 0.2) is 5.78 Å². The molecule has 0 bridgehead atoms. The highest BCUT2D eigenvalue weighted by Gasteiger charge is 2.16. The highest BCUT2D eigenvalue weighted by molar-refractivity contribution is 5.94. The van der Waals surface area contributed by atoms with Crippen molar-refractivity contribution in [3.63, 3.8) is 0 Å². The summed E-state index contributed by atoms with van der Waals surface area (Å²) in [6, 6.07) is 11.6. The van der Waals surface area contributed by atoms with E-state index in [2.05, 4.69) is 0 Å². The molecule has 0 aliphatic carbocycles. The van der Waals surface area contributed by atoms with Crippen molar-refractivity contribution in [1.29, 1.82) is 0 Å². The summed E-state index contributed by atoms with van der Waals surface area (Å²) in [4.78, 5) is 24.2. The molecule has 0 spiro atoms. The summed E-state index contributed by atoms with van der Waals surface area (Å²) in [6.45, 7) is 7.51. The lowest BCUT2D eigenvalue weighted by Gasteiger charge is -2.19. The van der Waals surface area contributed by atoms with Crippen LogP contribution in [0.1, 0.15) is 49.2 Å². The third-order valence-corrected chi connectivity index (χ3v) is 3.87. The van der Waals surface area contributed by atoms with Gasteiger partial charge in [-0.15, -0.1) is 0 Å². The number of hydrogen-bond acceptors (Lipinski definition) is 2. The average molecular weight is 283 g/mol. The third kappa shape index (κ3) is 2.97. The summed E-state index contributed by atoms with van der Waals surface area (Å²) in [6.07, 6.45) is 0.833. The lowest BCUT2D eigenvalue weighted by molar-refractivity contribution is 0.101. The summed E-state index contributed by atoms with van der Waals surface area (Å²) in [5.74, 6) is -0.187. The van der Waals surface area contributed by atoms with Gasteiger partial charge in [0.25, 0.3) is 5.56 Å². The van der Waals surface area contributed by atoms with Crippen molar-refractivity contribution in [2.75, 3.05) is 0 Å². The van der Waals surface area contributed by atoms with Crippen LogP contribution >= 0.6 is 0 Å². The van der Waals surface area contributed by atoms with E-state index >= 15 is 0 Å². The van der Waals surface area contributed by atoms with Gasteiger partial charge in [-0.05, 0) is 44.9 Å². The van der Waals surface area contributed by atoms with Crippen molar-refractivity contribution in [1.82, 2.24) is 4.57 Å². The molecule has 3 nitrogen and oxygen atoms in total. The number of nitrogens with zero attached hydrogens (tertiary/aromatic N) is 1. The fourth-order valence-corrected chi connectivity index (χ4v) is 2.40. The van der Waals surface area contributed by atoms with Crippen LogP contribution < -0.4 is 5.56 Å². The van der Waals surface area contributed by atoms with Gasteiger partial charge in [-0.2, -0.15) is 0 Å². The minimum absolute atomic E-state index is 0.0492. The second kappa shape index (κ2) is 6.08. The molecule has 1 aromatic carbocycles. The molecule has 0 saturated heterocycles. The molecule has 1 aromatic heterocycles. The van der Waals surface area contributed by atoms with E-state index in [9.17, 15) is 9.59 Å². The number of ketones is 1. The van der Waals surface area contributed by atoms with Crippen molar-refractivity contribution in [2.45, 2.75) is 40.2 Å². The summed E-state index contributed by atoms with van der Waals surface area (Å²) in [5.41, 5.74) is 3.09. The Hall–Kier alpha value is -2.16. The minimum atomic E-state index is -0.199. The third-order valence-electron chi connectivity index (χ3n) is 3.87. The molecule has 0 amide bonds. The molecule has 0 N–H and O–H groups in total. The fraction of sp³-hybridized carbons (Fsp3) is 0.333. The molecule has 0 radical (unpaired) electrons. The first-order chi connectivity index (χ1) is 9.95. The molecule has 1 atom stereocenters. The topological polar surface area (TPSA) is 39.1 Å². The summed E-state index contributed by atoms with van der Waals surface area (Å²) in [7, 11) is 0. The highest BCUT2D eigenvalue weighted by atomic mass is 16.1. The van der Waals surface area contributed by atoms with Crippen LogP contribution in [0.25, 0.3) is 11.3 Å². The summed E-state index contributed by atoms with van der Waals surface area (Å²) in [5, 5.41) is 0. The average Bonchev–Trinajstić information content (AvgIpc) is 2.46. The van der Waals surface area contributed by atoms with E-state index in [1.807, 2.05) is 51.1 Å². The van der Waals surface area contributed by atoms with Crippen molar-refractivity contribution in [2.24, 2.45) is 0 Å². The number of carbonyl (C=O) groups is 1. The quantitative estimate of drug-likeness (QED) is 0.796. The molecule has 110 valence electrons. The van der Waals surface area contributed by atoms with E-state index in [1.54, 1.807) is 10.6 Å². The minimum Gasteiger partial charge on any atom is -0.305 e. The SMILES string of the molecule is CCC(C)n1c(-c2ccc(C)cc2)ccc(C(C)=O)c1=O. The second-order valence-electron chi connectivity index (χ2n) is 5.49. The Labute approximate surface area is 125 Å². The molecule has 2 rings (SSSR count). The Kier molecular flexibility index (Phi) is 4.41. The number of carbonyl (C=O) groups excluding carboxylic acids is 1. The molecular weight excluding hydrogens is 262 g/mol. The molecule has 0 fully saturated rings. The Bertz CT molecular complexity index is 711. The van der Waals surface area contributed by atoms with E-state index < -0.39 is 0 Å². The molecule has 1 unspecified atom stereocenters. The number of benzene rings is 1. The van der Waals surface area contributed by atoms with Crippen LogP contribution in [0.2, 0.25) is 0 Å². The van der Waals surface area contributed by atoms with Gasteiger partial charge in [-0.3, -0.25) is 9.59 Å². The van der Waals surface area contributed by atoms with Crippen LogP contribution in [0.15, 0.2) is 41.2 Å². The van der Waals surface area contributed by atoms with Gasteiger partial charge >= 0.3 is 0 Å². The van der Waals surface area contributed by atoms with Gasteiger partial charge in [0, 0.05) is 6.04 Å². The maximum Gasteiger partial charge on any atom is 0.262 e. The van der Waals surface area contributed by atoms with E-state index in [-0.39, 0.29) is 22.9 Å². The normalized spacial score (nSPS) is 12.2. The van der Waals surface area contributed by atoms with Crippen LogP contribution in [0.4, 0.5) is 0 Å². The zero-order valence-electron chi connectivity index (χ0n) is 13.0. The van der Waals surface area contributed by atoms with Gasteiger partial charge in [0.2, 0.25) is 0 Å². The summed E-state index contributed by atoms with van der Waals surface area (Å²) >= 11 is 0. The van der Waals surface area contributed by atoms with Crippen LogP contribution in [0, 0.1) is 6.92 Å². The van der Waals surface area contributed by atoms with Crippen LogP contribution in [-0.4, -0.2) is 10.4 Å². The summed E-state index contributed by atoms with van der Waals surface area (Å²) < 4.78 is 1.74. The van der Waals surface area contributed by atoms with E-state index in [1.165, 1.54) is 12.5 Å². The van der Waals surface area contributed by atoms with Crippen LogP contribution in [-0.2, 0) is 0 Å². The van der Waals surface area contributed by atoms with Crippen LogP contribution in [0.3, 0.4) is 0 Å². The smallest absolute Gasteiger partial charge is 0.262 e. The Morgan fingerprint density at radius 2 is 1.76 bits per heavy atom. The Balaban J connectivity index is 2.71. The Morgan fingerprint density at radius 1 is 1.14 bits per heavy atom. The maximum atomic E-state index is 12.6. The first-order valence-corrected chi connectivity index (χ1v) is 7.29. The number of pyridine rings is 1. The van der Waals surface area contributed by atoms with Crippen LogP contribution in [0.5, 0.6) is 0 Å². The zero-order chi connectivity index (χ0) is 15.6. The first kappa shape index (κ1) is 15.2. The second-order valence-corrected chi connectivity index (χ2v) is 5.49. The molecule has 1 heterocycles. The molecule has 0 saturated carbocycles.